The molecule has 0 unspecified atom stereocenters. The van der Waals surface area contributed by atoms with E-state index in [1.54, 1.807) is 29.2 Å². The Balaban J connectivity index is 1.63. The van der Waals surface area contributed by atoms with Crippen LogP contribution in [0.15, 0.2) is 72.8 Å². The van der Waals surface area contributed by atoms with Gasteiger partial charge < -0.3 is 15.5 Å². The molecule has 0 heterocycles. The standard InChI is InChI=1S/C24H25N3O2/c1-17-6-4-5-7-22(17)18-8-10-19(11-9-18)24(29)26-21-14-12-20(13-15-21)25-23(28)16-27(2)3/h4-15H,16H2,1-3H3,(H,25,28)(H,26,29). The highest BCUT2D eigenvalue weighted by atomic mass is 16.2. The Morgan fingerprint density at radius 2 is 1.38 bits per heavy atom. The lowest BCUT2D eigenvalue weighted by atomic mass is 9.99. The fourth-order valence-electron chi connectivity index (χ4n) is 3.03. The van der Waals surface area contributed by atoms with Crippen LogP contribution in [0.4, 0.5) is 11.4 Å². The number of carbonyl (C=O) groups excluding carboxylic acids is 2. The van der Waals surface area contributed by atoms with E-state index < -0.39 is 0 Å². The molecule has 0 aliphatic rings. The Bertz CT molecular complexity index is 993. The van der Waals surface area contributed by atoms with Crippen molar-refractivity contribution < 1.29 is 9.59 Å². The Kier molecular flexibility index (Phi) is 6.42. The first-order chi connectivity index (χ1) is 13.9. The van der Waals surface area contributed by atoms with Crippen molar-refractivity contribution in [3.05, 3.63) is 83.9 Å². The first-order valence-corrected chi connectivity index (χ1v) is 9.44. The third kappa shape index (κ3) is 5.53. The summed E-state index contributed by atoms with van der Waals surface area (Å²) in [6, 6.07) is 22.8. The maximum absolute atomic E-state index is 12.5. The molecule has 0 atom stereocenters. The fraction of sp³-hybridized carbons (Fsp3) is 0.167. The summed E-state index contributed by atoms with van der Waals surface area (Å²) in [4.78, 5) is 26.1. The molecule has 2 N–H and O–H groups in total. The van der Waals surface area contributed by atoms with Crippen molar-refractivity contribution in [2.45, 2.75) is 6.92 Å². The number of aryl methyl sites for hydroxylation is 1. The number of nitrogens with one attached hydrogen (secondary N) is 2. The maximum Gasteiger partial charge on any atom is 0.255 e. The zero-order valence-electron chi connectivity index (χ0n) is 16.9. The molecule has 5 heteroatoms. The quantitative estimate of drug-likeness (QED) is 0.658. The van der Waals surface area contributed by atoms with E-state index >= 15 is 0 Å². The van der Waals surface area contributed by atoms with Gasteiger partial charge in [-0.25, -0.2) is 0 Å². The monoisotopic (exact) mass is 387 g/mol. The number of hydrogen-bond acceptors (Lipinski definition) is 3. The summed E-state index contributed by atoms with van der Waals surface area (Å²) in [5.41, 5.74) is 5.39. The van der Waals surface area contributed by atoms with Crippen molar-refractivity contribution in [2.75, 3.05) is 31.3 Å². The molecule has 0 aliphatic heterocycles. The molecule has 0 spiro atoms. The smallest absolute Gasteiger partial charge is 0.255 e. The lowest BCUT2D eigenvalue weighted by Gasteiger charge is -2.11. The topological polar surface area (TPSA) is 61.4 Å². The summed E-state index contributed by atoms with van der Waals surface area (Å²) in [6.07, 6.45) is 0. The Morgan fingerprint density at radius 1 is 0.793 bits per heavy atom. The van der Waals surface area contributed by atoms with Crippen LogP contribution in [0.3, 0.4) is 0 Å². The van der Waals surface area contributed by atoms with Crippen molar-refractivity contribution >= 4 is 23.2 Å². The Morgan fingerprint density at radius 3 is 1.97 bits per heavy atom. The largest absolute Gasteiger partial charge is 0.325 e. The lowest BCUT2D eigenvalue weighted by Crippen LogP contribution is -2.27. The molecule has 148 valence electrons. The van der Waals surface area contributed by atoms with Gasteiger partial charge in [-0.3, -0.25) is 9.59 Å². The van der Waals surface area contributed by atoms with Crippen LogP contribution in [0.25, 0.3) is 11.1 Å². The van der Waals surface area contributed by atoms with E-state index in [0.717, 1.165) is 11.1 Å². The van der Waals surface area contributed by atoms with Gasteiger partial charge in [-0.05, 0) is 74.1 Å². The van der Waals surface area contributed by atoms with Gasteiger partial charge in [0, 0.05) is 16.9 Å². The molecule has 2 amide bonds. The van der Waals surface area contributed by atoms with Gasteiger partial charge in [-0.2, -0.15) is 0 Å². The normalized spacial score (nSPS) is 10.6. The maximum atomic E-state index is 12.5. The van der Waals surface area contributed by atoms with Crippen molar-refractivity contribution in [3.8, 4) is 11.1 Å². The van der Waals surface area contributed by atoms with E-state index in [4.69, 9.17) is 0 Å². The second-order valence-corrected chi connectivity index (χ2v) is 7.21. The molecule has 3 aromatic rings. The van der Waals surface area contributed by atoms with E-state index in [0.29, 0.717) is 23.5 Å². The molecule has 0 saturated heterocycles. The number of rotatable bonds is 6. The van der Waals surface area contributed by atoms with Crippen molar-refractivity contribution in [1.82, 2.24) is 4.90 Å². The van der Waals surface area contributed by atoms with E-state index in [1.807, 2.05) is 50.5 Å². The van der Waals surface area contributed by atoms with Gasteiger partial charge in [0.05, 0.1) is 6.54 Å². The van der Waals surface area contributed by atoms with Crippen LogP contribution in [0.2, 0.25) is 0 Å². The van der Waals surface area contributed by atoms with E-state index in [1.165, 1.54) is 5.56 Å². The van der Waals surface area contributed by atoms with E-state index in [9.17, 15) is 9.59 Å². The third-order valence-corrected chi connectivity index (χ3v) is 4.49. The summed E-state index contributed by atoms with van der Waals surface area (Å²) < 4.78 is 0. The Labute approximate surface area is 171 Å². The molecular formula is C24H25N3O2. The minimum atomic E-state index is -0.175. The molecule has 0 radical (unpaired) electrons. The molecule has 0 bridgehead atoms. The Hall–Kier alpha value is -3.44. The molecule has 3 rings (SSSR count). The van der Waals surface area contributed by atoms with Gasteiger partial charge in [-0.1, -0.05) is 36.4 Å². The summed E-state index contributed by atoms with van der Waals surface area (Å²) in [5.74, 6) is -0.258. The summed E-state index contributed by atoms with van der Waals surface area (Å²) in [5, 5.41) is 5.70. The number of amides is 2. The van der Waals surface area contributed by atoms with E-state index in [2.05, 4.69) is 29.7 Å². The highest BCUT2D eigenvalue weighted by Crippen LogP contribution is 2.23. The molecular weight excluding hydrogens is 362 g/mol. The molecule has 3 aromatic carbocycles. The minimum absolute atomic E-state index is 0.0828. The number of anilines is 2. The SMILES string of the molecule is Cc1ccccc1-c1ccc(C(=O)Nc2ccc(NC(=O)CN(C)C)cc2)cc1. The second-order valence-electron chi connectivity index (χ2n) is 7.21. The van der Waals surface area contributed by atoms with Gasteiger partial charge in [-0.15, -0.1) is 0 Å². The van der Waals surface area contributed by atoms with Crippen LogP contribution in [0.5, 0.6) is 0 Å². The second kappa shape index (κ2) is 9.17. The predicted molar refractivity (Wildman–Crippen MR) is 118 cm³/mol. The lowest BCUT2D eigenvalue weighted by molar-refractivity contribution is -0.116. The van der Waals surface area contributed by atoms with E-state index in [-0.39, 0.29) is 11.8 Å². The molecule has 0 fully saturated rings. The van der Waals surface area contributed by atoms with Gasteiger partial charge in [0.2, 0.25) is 5.91 Å². The molecule has 0 aliphatic carbocycles. The zero-order valence-corrected chi connectivity index (χ0v) is 16.9. The van der Waals surface area contributed by atoms with Gasteiger partial charge in [0.25, 0.3) is 5.91 Å². The van der Waals surface area contributed by atoms with Crippen molar-refractivity contribution in [2.24, 2.45) is 0 Å². The zero-order chi connectivity index (χ0) is 20.8. The number of likely N-dealkylation sites (N-methyl/N-ethyl adjacent to an activating group) is 1. The molecule has 29 heavy (non-hydrogen) atoms. The average molecular weight is 387 g/mol. The minimum Gasteiger partial charge on any atom is -0.325 e. The first-order valence-electron chi connectivity index (χ1n) is 9.44. The highest BCUT2D eigenvalue weighted by Gasteiger charge is 2.08. The summed E-state index contributed by atoms with van der Waals surface area (Å²) in [6.45, 7) is 2.39. The number of hydrogen-bond donors (Lipinski definition) is 2. The van der Waals surface area contributed by atoms with Crippen LogP contribution < -0.4 is 10.6 Å². The van der Waals surface area contributed by atoms with Gasteiger partial charge in [0.1, 0.15) is 0 Å². The van der Waals surface area contributed by atoms with Crippen LogP contribution in [0.1, 0.15) is 15.9 Å². The predicted octanol–water partition coefficient (Wildman–Crippen LogP) is 4.41. The van der Waals surface area contributed by atoms with Crippen LogP contribution in [-0.2, 0) is 4.79 Å². The van der Waals surface area contributed by atoms with Crippen LogP contribution >= 0.6 is 0 Å². The van der Waals surface area contributed by atoms with Gasteiger partial charge in [0.15, 0.2) is 0 Å². The molecule has 5 nitrogen and oxygen atoms in total. The number of nitrogens with zero attached hydrogens (tertiary/aromatic N) is 1. The van der Waals surface area contributed by atoms with Crippen LogP contribution in [0, 0.1) is 6.92 Å². The third-order valence-electron chi connectivity index (χ3n) is 4.49. The first kappa shape index (κ1) is 20.3. The van der Waals surface area contributed by atoms with Gasteiger partial charge >= 0.3 is 0 Å². The molecule has 0 aromatic heterocycles. The number of carbonyl (C=O) groups is 2. The fourth-order valence-corrected chi connectivity index (χ4v) is 3.03. The van der Waals surface area contributed by atoms with Crippen LogP contribution in [-0.4, -0.2) is 37.4 Å². The molecule has 0 saturated carbocycles. The number of benzene rings is 3. The highest BCUT2D eigenvalue weighted by molar-refractivity contribution is 6.04. The van der Waals surface area contributed by atoms with Crippen molar-refractivity contribution in [1.29, 1.82) is 0 Å². The summed E-state index contributed by atoms with van der Waals surface area (Å²) >= 11 is 0. The summed E-state index contributed by atoms with van der Waals surface area (Å²) in [7, 11) is 3.68. The van der Waals surface area contributed by atoms with Crippen molar-refractivity contribution in [3.63, 3.8) is 0 Å². The average Bonchev–Trinajstić information content (AvgIpc) is 2.69.